The van der Waals surface area contributed by atoms with Crippen LogP contribution in [0.5, 0.6) is 23.0 Å². The summed E-state index contributed by atoms with van der Waals surface area (Å²) >= 11 is 0. The van der Waals surface area contributed by atoms with Gasteiger partial charge in [-0.1, -0.05) is 12.1 Å². The molecule has 2 rings (SSSR count). The highest BCUT2D eigenvalue weighted by molar-refractivity contribution is 7.47. The molecule has 28 heavy (non-hydrogen) atoms. The van der Waals surface area contributed by atoms with Gasteiger partial charge >= 0.3 is 15.6 Å². The summed E-state index contributed by atoms with van der Waals surface area (Å²) in [5.41, 5.74) is 0.186. The van der Waals surface area contributed by atoms with Gasteiger partial charge in [0, 0.05) is 18.6 Å². The summed E-state index contributed by atoms with van der Waals surface area (Å²) in [4.78, 5) is 47.2. The number of phenols is 2. The second kappa shape index (κ2) is 8.32. The molecule has 0 spiro atoms. The summed E-state index contributed by atoms with van der Waals surface area (Å²) in [6, 6.07) is 7.16. The fourth-order valence-corrected chi connectivity index (χ4v) is 3.08. The first kappa shape index (κ1) is 21.9. The Morgan fingerprint density at radius 2 is 1.29 bits per heavy atom. The first-order valence-corrected chi connectivity index (χ1v) is 10.6. The molecule has 0 unspecified atom stereocenters. The highest BCUT2D eigenvalue weighted by atomic mass is 31.2. The Kier molecular flexibility index (Phi) is 6.51. The van der Waals surface area contributed by atoms with E-state index in [0.717, 1.165) is 12.1 Å². The van der Waals surface area contributed by atoms with Crippen LogP contribution in [0.15, 0.2) is 36.4 Å². The van der Waals surface area contributed by atoms with Gasteiger partial charge in [0.2, 0.25) is 0 Å². The average Bonchev–Trinajstić information content (AvgIpc) is 2.50. The second-order valence-corrected chi connectivity index (χ2v) is 7.89. The number of benzene rings is 2. The minimum absolute atomic E-state index is 0.0562. The molecule has 0 aliphatic carbocycles. The highest BCUT2D eigenvalue weighted by Gasteiger charge is 2.22. The zero-order valence-electron chi connectivity index (χ0n) is 14.0. The number of rotatable bonds is 8. The van der Waals surface area contributed by atoms with E-state index in [2.05, 4.69) is 9.05 Å². The number of aromatic hydroxyl groups is 2. The van der Waals surface area contributed by atoms with Gasteiger partial charge in [-0.2, -0.15) is 0 Å². The number of carbonyl (C=O) groups excluding carboxylic acids is 1. The van der Waals surface area contributed by atoms with E-state index < -0.39 is 44.2 Å². The number of phenolic OH excluding ortho intramolecular Hbond substituents is 2. The normalized spacial score (nSPS) is 11.9. The lowest BCUT2D eigenvalue weighted by molar-refractivity contribution is 0.0977. The van der Waals surface area contributed by atoms with Crippen molar-refractivity contribution in [2.24, 2.45) is 0 Å². The zero-order chi connectivity index (χ0) is 21.1. The molecule has 0 bridgehead atoms. The van der Waals surface area contributed by atoms with E-state index in [1.807, 2.05) is 0 Å². The van der Waals surface area contributed by atoms with Gasteiger partial charge in [-0.25, -0.2) is 9.13 Å². The van der Waals surface area contributed by atoms with E-state index in [1.54, 1.807) is 0 Å². The molecule has 13 heteroatoms. The van der Waals surface area contributed by atoms with Crippen molar-refractivity contribution in [1.29, 1.82) is 0 Å². The zero-order valence-corrected chi connectivity index (χ0v) is 15.8. The fraction of sp³-hybridized carbons (Fsp3) is 0.133. The quantitative estimate of drug-likeness (QED) is 0.262. The van der Waals surface area contributed by atoms with Gasteiger partial charge in [-0.15, -0.1) is 0 Å². The SMILES string of the molecule is O=C(CCc1ccc(OP(=O)(O)O)cc1)c1c(O)cc(OP(=O)(O)O)cc1O. The van der Waals surface area contributed by atoms with Crippen LogP contribution >= 0.6 is 15.6 Å². The molecule has 0 aliphatic heterocycles. The summed E-state index contributed by atoms with van der Waals surface area (Å²) in [6.45, 7) is 0. The Morgan fingerprint density at radius 3 is 1.75 bits per heavy atom. The number of aryl methyl sites for hydroxylation is 1. The predicted octanol–water partition coefficient (Wildman–Crippen LogP) is 1.86. The van der Waals surface area contributed by atoms with Crippen LogP contribution in [-0.2, 0) is 15.6 Å². The van der Waals surface area contributed by atoms with E-state index in [4.69, 9.17) is 19.6 Å². The Bertz CT molecular complexity index is 935. The topological polar surface area (TPSA) is 191 Å². The van der Waals surface area contributed by atoms with Crippen molar-refractivity contribution < 1.29 is 52.8 Å². The second-order valence-electron chi connectivity index (χ2n) is 5.57. The molecule has 6 N–H and O–H groups in total. The standard InChI is InChI=1S/C15H16O11P2/c16-12(6-3-9-1-4-10(5-2-9)25-27(19,20)21)15-13(17)7-11(8-14(15)18)26-28(22,23)24/h1-2,4-5,7-8,17-18H,3,6H2,(H2,19,20,21)(H2,22,23,24). The minimum Gasteiger partial charge on any atom is -0.507 e. The van der Waals surface area contributed by atoms with Crippen LogP contribution in [0, 0.1) is 0 Å². The summed E-state index contributed by atoms with van der Waals surface area (Å²) < 4.78 is 30.2. The lowest BCUT2D eigenvalue weighted by Crippen LogP contribution is -2.03. The molecule has 0 atom stereocenters. The van der Waals surface area contributed by atoms with Crippen molar-refractivity contribution in [3.8, 4) is 23.0 Å². The number of phosphoric ester groups is 2. The Labute approximate surface area is 158 Å². The third-order valence-corrected chi connectivity index (χ3v) is 4.26. The largest absolute Gasteiger partial charge is 0.524 e. The molecule has 0 amide bonds. The lowest BCUT2D eigenvalue weighted by atomic mass is 10.0. The molecular formula is C15H16O11P2. The van der Waals surface area contributed by atoms with Crippen molar-refractivity contribution >= 4 is 21.4 Å². The molecule has 11 nitrogen and oxygen atoms in total. The molecule has 0 fully saturated rings. The van der Waals surface area contributed by atoms with E-state index in [9.17, 15) is 24.1 Å². The fourth-order valence-electron chi connectivity index (χ4n) is 2.30. The van der Waals surface area contributed by atoms with Crippen molar-refractivity contribution in [2.75, 3.05) is 0 Å². The third-order valence-electron chi connectivity index (χ3n) is 3.36. The molecule has 152 valence electrons. The minimum atomic E-state index is -4.90. The smallest absolute Gasteiger partial charge is 0.507 e. The first-order chi connectivity index (χ1) is 12.8. The molecule has 0 saturated heterocycles. The van der Waals surface area contributed by atoms with Crippen LogP contribution in [0.1, 0.15) is 22.3 Å². The maximum atomic E-state index is 12.3. The van der Waals surface area contributed by atoms with Gasteiger partial charge in [0.1, 0.15) is 28.6 Å². The van der Waals surface area contributed by atoms with Gasteiger partial charge in [-0.05, 0) is 24.1 Å². The predicted molar refractivity (Wildman–Crippen MR) is 94.2 cm³/mol. The van der Waals surface area contributed by atoms with Gasteiger partial charge in [0.25, 0.3) is 0 Å². The van der Waals surface area contributed by atoms with Crippen LogP contribution in [-0.4, -0.2) is 35.6 Å². The molecule has 2 aromatic carbocycles. The van der Waals surface area contributed by atoms with Gasteiger partial charge in [-0.3, -0.25) is 24.4 Å². The Balaban J connectivity index is 2.07. The number of Topliss-reactive ketones (excluding diaryl/α,β-unsaturated/α-hetero) is 1. The first-order valence-electron chi connectivity index (χ1n) is 7.52. The van der Waals surface area contributed by atoms with Gasteiger partial charge < -0.3 is 19.3 Å². The van der Waals surface area contributed by atoms with Crippen LogP contribution in [0.25, 0.3) is 0 Å². The summed E-state index contributed by atoms with van der Waals surface area (Å²) in [5.74, 6) is -2.63. The maximum Gasteiger partial charge on any atom is 0.524 e. The van der Waals surface area contributed by atoms with Crippen LogP contribution < -0.4 is 9.05 Å². The van der Waals surface area contributed by atoms with Crippen LogP contribution in [0.2, 0.25) is 0 Å². The number of phosphoric acid groups is 2. The van der Waals surface area contributed by atoms with E-state index in [0.29, 0.717) is 5.56 Å². The molecule has 2 aromatic rings. The van der Waals surface area contributed by atoms with E-state index >= 15 is 0 Å². The van der Waals surface area contributed by atoms with Crippen molar-refractivity contribution in [1.82, 2.24) is 0 Å². The molecule has 0 radical (unpaired) electrons. The van der Waals surface area contributed by atoms with E-state index in [1.165, 1.54) is 24.3 Å². The number of ketones is 1. The van der Waals surface area contributed by atoms with Crippen molar-refractivity contribution in [2.45, 2.75) is 12.8 Å². The molecule has 0 aromatic heterocycles. The molecule has 0 heterocycles. The number of hydrogen-bond acceptors (Lipinski definition) is 7. The third kappa shape index (κ3) is 6.65. The van der Waals surface area contributed by atoms with Crippen molar-refractivity contribution in [3.63, 3.8) is 0 Å². The van der Waals surface area contributed by atoms with Gasteiger partial charge in [0.15, 0.2) is 5.78 Å². The maximum absolute atomic E-state index is 12.3. The summed E-state index contributed by atoms with van der Waals surface area (Å²) in [6.07, 6.45) is 0.0349. The van der Waals surface area contributed by atoms with E-state index in [-0.39, 0.29) is 18.6 Å². The van der Waals surface area contributed by atoms with Gasteiger partial charge in [0.05, 0.1) is 0 Å². The lowest BCUT2D eigenvalue weighted by Gasteiger charge is -2.11. The number of hydrogen-bond donors (Lipinski definition) is 6. The average molecular weight is 434 g/mol. The molecular weight excluding hydrogens is 418 g/mol. The summed E-state index contributed by atoms with van der Waals surface area (Å²) in [7, 11) is -9.57. The van der Waals surface area contributed by atoms with Crippen LogP contribution in [0.3, 0.4) is 0 Å². The Morgan fingerprint density at radius 1 is 0.821 bits per heavy atom. The van der Waals surface area contributed by atoms with Crippen molar-refractivity contribution in [3.05, 3.63) is 47.5 Å². The molecule has 0 saturated carbocycles. The Hall–Kier alpha value is -2.39. The molecule has 0 aliphatic rings. The van der Waals surface area contributed by atoms with Crippen LogP contribution in [0.4, 0.5) is 0 Å². The number of carbonyl (C=O) groups is 1. The highest BCUT2D eigenvalue weighted by Crippen LogP contribution is 2.42. The summed E-state index contributed by atoms with van der Waals surface area (Å²) in [5, 5.41) is 19.8. The monoisotopic (exact) mass is 434 g/mol.